The molecule has 1 amide bonds. The second kappa shape index (κ2) is 9.89. The molecule has 1 saturated heterocycles. The topological polar surface area (TPSA) is 82.8 Å². The molecular formula is C26H25N3O5S. The average Bonchev–Trinajstić information content (AvgIpc) is 3.35. The normalized spacial score (nSPS) is 13.8. The molecule has 2 aromatic heterocycles. The average molecular weight is 492 g/mol. The quantitative estimate of drug-likeness (QED) is 0.414. The number of aromatic nitrogens is 2. The second-order valence-electron chi connectivity index (χ2n) is 8.30. The van der Waals surface area contributed by atoms with Gasteiger partial charge in [-0.2, -0.15) is 0 Å². The lowest BCUT2D eigenvalue weighted by molar-refractivity contribution is -0.135. The van der Waals surface area contributed by atoms with Crippen LogP contribution in [0.1, 0.15) is 5.56 Å². The molecule has 0 unspecified atom stereocenters. The van der Waals surface area contributed by atoms with E-state index in [4.69, 9.17) is 9.47 Å². The fourth-order valence-corrected chi connectivity index (χ4v) is 5.35. The number of rotatable bonds is 6. The minimum Gasteiger partial charge on any atom is -0.497 e. The highest BCUT2D eigenvalue weighted by Gasteiger charge is 2.23. The van der Waals surface area contributed by atoms with Crippen molar-refractivity contribution in [3.05, 3.63) is 86.4 Å². The molecule has 2 aromatic carbocycles. The van der Waals surface area contributed by atoms with E-state index >= 15 is 0 Å². The monoisotopic (exact) mass is 491 g/mol. The van der Waals surface area contributed by atoms with Crippen LogP contribution in [-0.4, -0.2) is 53.4 Å². The molecule has 0 N–H and O–H groups in total. The van der Waals surface area contributed by atoms with E-state index < -0.39 is 5.69 Å². The van der Waals surface area contributed by atoms with Crippen LogP contribution in [0.2, 0.25) is 0 Å². The third-order valence-corrected chi connectivity index (χ3v) is 7.18. The number of ether oxygens (including phenoxy) is 2. The Morgan fingerprint density at radius 2 is 1.71 bits per heavy atom. The maximum absolute atomic E-state index is 13.7. The Kier molecular flexibility index (Phi) is 6.52. The lowest BCUT2D eigenvalue weighted by Crippen LogP contribution is -2.46. The molecule has 1 fully saturated rings. The number of carbonyl (C=O) groups is 1. The molecule has 3 heterocycles. The standard InChI is InChI=1S/C26H25N3O5S/c1-33-20-9-7-19(8-10-20)21-17-35-25-23(21)24(31)28(15-18-5-3-2-4-6-18)26(32)29(25)16-22(30)27-11-13-34-14-12-27/h2-10,17H,11-16H2,1H3. The summed E-state index contributed by atoms with van der Waals surface area (Å²) in [5, 5.41) is 2.31. The third-order valence-electron chi connectivity index (χ3n) is 6.18. The maximum atomic E-state index is 13.7. The number of nitrogens with zero attached hydrogens (tertiary/aromatic N) is 3. The molecule has 0 atom stereocenters. The summed E-state index contributed by atoms with van der Waals surface area (Å²) in [6.07, 6.45) is 0. The number of hydrogen-bond donors (Lipinski definition) is 0. The summed E-state index contributed by atoms with van der Waals surface area (Å²) in [6, 6.07) is 16.8. The van der Waals surface area contributed by atoms with Gasteiger partial charge in [0.2, 0.25) is 5.91 Å². The highest BCUT2D eigenvalue weighted by molar-refractivity contribution is 7.17. The molecule has 1 aliphatic rings. The minimum atomic E-state index is -0.490. The molecule has 0 aliphatic carbocycles. The van der Waals surface area contributed by atoms with Gasteiger partial charge in [0.05, 0.1) is 32.3 Å². The maximum Gasteiger partial charge on any atom is 0.332 e. The van der Waals surface area contributed by atoms with Gasteiger partial charge in [0.25, 0.3) is 5.56 Å². The molecule has 9 heteroatoms. The Hall–Kier alpha value is -3.69. The summed E-state index contributed by atoms with van der Waals surface area (Å²) in [5.74, 6) is 0.545. The van der Waals surface area contributed by atoms with Crippen molar-refractivity contribution in [2.45, 2.75) is 13.1 Å². The summed E-state index contributed by atoms with van der Waals surface area (Å²) in [5.41, 5.74) is 1.54. The molecule has 8 nitrogen and oxygen atoms in total. The fraction of sp³-hybridized carbons (Fsp3) is 0.269. The summed E-state index contributed by atoms with van der Waals surface area (Å²) in [6.45, 7) is 1.92. The van der Waals surface area contributed by atoms with E-state index in [1.165, 1.54) is 20.5 Å². The Labute approximate surface area is 205 Å². The van der Waals surface area contributed by atoms with Gasteiger partial charge in [-0.1, -0.05) is 42.5 Å². The Morgan fingerprint density at radius 3 is 2.40 bits per heavy atom. The van der Waals surface area contributed by atoms with Crippen molar-refractivity contribution in [2.75, 3.05) is 33.4 Å². The largest absolute Gasteiger partial charge is 0.497 e. The number of hydrogen-bond acceptors (Lipinski definition) is 6. The summed E-state index contributed by atoms with van der Waals surface area (Å²) < 4.78 is 13.3. The van der Waals surface area contributed by atoms with E-state index in [1.54, 1.807) is 12.0 Å². The molecule has 180 valence electrons. The zero-order chi connectivity index (χ0) is 24.4. The van der Waals surface area contributed by atoms with Crippen LogP contribution >= 0.6 is 11.3 Å². The van der Waals surface area contributed by atoms with Gasteiger partial charge < -0.3 is 14.4 Å². The van der Waals surface area contributed by atoms with Gasteiger partial charge in [-0.05, 0) is 23.3 Å². The smallest absolute Gasteiger partial charge is 0.332 e. The Balaban J connectivity index is 1.66. The first-order valence-corrected chi connectivity index (χ1v) is 12.2. The van der Waals surface area contributed by atoms with Crippen LogP contribution in [0.5, 0.6) is 5.75 Å². The molecule has 4 aromatic rings. The van der Waals surface area contributed by atoms with E-state index in [-0.39, 0.29) is 24.6 Å². The molecule has 0 saturated carbocycles. The van der Waals surface area contributed by atoms with Crippen LogP contribution in [0, 0.1) is 0 Å². The molecule has 0 radical (unpaired) electrons. The van der Waals surface area contributed by atoms with Crippen molar-refractivity contribution < 1.29 is 14.3 Å². The van der Waals surface area contributed by atoms with Crippen LogP contribution in [0.3, 0.4) is 0 Å². The second-order valence-corrected chi connectivity index (χ2v) is 9.15. The SMILES string of the molecule is COc1ccc(-c2csc3c2c(=O)n(Cc2ccccc2)c(=O)n3CC(=O)N2CCOCC2)cc1. The zero-order valence-electron chi connectivity index (χ0n) is 19.3. The number of methoxy groups -OCH3 is 1. The van der Waals surface area contributed by atoms with E-state index in [1.807, 2.05) is 60.0 Å². The van der Waals surface area contributed by atoms with Crippen LogP contribution in [0.25, 0.3) is 21.3 Å². The van der Waals surface area contributed by atoms with Crippen molar-refractivity contribution in [2.24, 2.45) is 0 Å². The van der Waals surface area contributed by atoms with E-state index in [0.717, 1.165) is 16.7 Å². The number of carbonyl (C=O) groups excluding carboxylic acids is 1. The Morgan fingerprint density at radius 1 is 1.00 bits per heavy atom. The zero-order valence-corrected chi connectivity index (χ0v) is 20.1. The van der Waals surface area contributed by atoms with Gasteiger partial charge >= 0.3 is 5.69 Å². The third kappa shape index (κ3) is 4.52. The number of thiophene rings is 1. The summed E-state index contributed by atoms with van der Waals surface area (Å²) in [4.78, 5) is 42.5. The van der Waals surface area contributed by atoms with E-state index in [0.29, 0.717) is 42.3 Å². The van der Waals surface area contributed by atoms with Gasteiger partial charge in [-0.3, -0.25) is 18.7 Å². The summed E-state index contributed by atoms with van der Waals surface area (Å²) in [7, 11) is 1.60. The highest BCUT2D eigenvalue weighted by atomic mass is 32.1. The first kappa shape index (κ1) is 23.1. The molecular weight excluding hydrogens is 466 g/mol. The first-order valence-electron chi connectivity index (χ1n) is 11.4. The van der Waals surface area contributed by atoms with Gasteiger partial charge in [0.1, 0.15) is 17.1 Å². The molecule has 0 spiro atoms. The first-order chi connectivity index (χ1) is 17.1. The number of benzene rings is 2. The lowest BCUT2D eigenvalue weighted by Gasteiger charge is -2.27. The van der Waals surface area contributed by atoms with Crippen LogP contribution in [0.4, 0.5) is 0 Å². The highest BCUT2D eigenvalue weighted by Crippen LogP contribution is 2.32. The molecule has 0 bridgehead atoms. The van der Waals surface area contributed by atoms with Crippen molar-refractivity contribution in [1.82, 2.24) is 14.0 Å². The van der Waals surface area contributed by atoms with Crippen LogP contribution in [0.15, 0.2) is 69.6 Å². The molecule has 5 rings (SSSR count). The predicted octanol–water partition coefficient (Wildman–Crippen LogP) is 2.81. The van der Waals surface area contributed by atoms with Gasteiger partial charge in [0.15, 0.2) is 0 Å². The van der Waals surface area contributed by atoms with Crippen molar-refractivity contribution in [3.8, 4) is 16.9 Å². The van der Waals surface area contributed by atoms with Crippen molar-refractivity contribution in [1.29, 1.82) is 0 Å². The van der Waals surface area contributed by atoms with Crippen LogP contribution in [-0.2, 0) is 22.6 Å². The Bertz CT molecular complexity index is 1470. The van der Waals surface area contributed by atoms with E-state index in [9.17, 15) is 14.4 Å². The summed E-state index contributed by atoms with van der Waals surface area (Å²) >= 11 is 1.30. The van der Waals surface area contributed by atoms with Crippen molar-refractivity contribution >= 4 is 27.5 Å². The number of morpholine rings is 1. The lowest BCUT2D eigenvalue weighted by atomic mass is 10.1. The van der Waals surface area contributed by atoms with Crippen LogP contribution < -0.4 is 16.0 Å². The van der Waals surface area contributed by atoms with E-state index in [2.05, 4.69) is 0 Å². The van der Waals surface area contributed by atoms with Gasteiger partial charge in [0, 0.05) is 24.0 Å². The number of fused-ring (bicyclic) bond motifs is 1. The van der Waals surface area contributed by atoms with Gasteiger partial charge in [-0.25, -0.2) is 4.79 Å². The van der Waals surface area contributed by atoms with Gasteiger partial charge in [-0.15, -0.1) is 11.3 Å². The number of amides is 1. The predicted molar refractivity (Wildman–Crippen MR) is 135 cm³/mol. The minimum absolute atomic E-state index is 0.123. The molecule has 1 aliphatic heterocycles. The van der Waals surface area contributed by atoms with Crippen molar-refractivity contribution in [3.63, 3.8) is 0 Å². The fourth-order valence-electron chi connectivity index (χ4n) is 4.28. The molecule has 35 heavy (non-hydrogen) atoms.